The van der Waals surface area contributed by atoms with E-state index in [1.807, 2.05) is 0 Å². The van der Waals surface area contributed by atoms with E-state index >= 15 is 0 Å². The van der Waals surface area contributed by atoms with Crippen molar-refractivity contribution in [3.8, 4) is 0 Å². The SMILES string of the molecule is C1=CC(C2Cc3cccc4cccc2c34)c2ccccc21. The zero-order chi connectivity index (χ0) is 13.8. The van der Waals surface area contributed by atoms with Crippen LogP contribution in [0.1, 0.15) is 34.1 Å². The molecule has 0 aromatic heterocycles. The van der Waals surface area contributed by atoms with Gasteiger partial charge in [0.15, 0.2) is 0 Å². The number of rotatable bonds is 1. The lowest BCUT2D eigenvalue weighted by molar-refractivity contribution is 0.644. The Balaban J connectivity index is 1.69. The van der Waals surface area contributed by atoms with Crippen LogP contribution < -0.4 is 0 Å². The number of allylic oxidation sites excluding steroid dienone is 1. The van der Waals surface area contributed by atoms with Crippen molar-refractivity contribution in [1.29, 1.82) is 0 Å². The highest BCUT2D eigenvalue weighted by Gasteiger charge is 2.32. The van der Waals surface area contributed by atoms with E-state index in [0.717, 1.165) is 0 Å². The van der Waals surface area contributed by atoms with Gasteiger partial charge < -0.3 is 0 Å². The minimum absolute atomic E-state index is 0.527. The van der Waals surface area contributed by atoms with Gasteiger partial charge in [0.1, 0.15) is 0 Å². The summed E-state index contributed by atoms with van der Waals surface area (Å²) in [4.78, 5) is 0. The van der Waals surface area contributed by atoms with Gasteiger partial charge in [-0.25, -0.2) is 0 Å². The van der Waals surface area contributed by atoms with E-state index in [2.05, 4.69) is 72.8 Å². The summed E-state index contributed by atoms with van der Waals surface area (Å²) < 4.78 is 0. The monoisotopic (exact) mass is 268 g/mol. The third kappa shape index (κ3) is 1.50. The van der Waals surface area contributed by atoms with Gasteiger partial charge in [0.25, 0.3) is 0 Å². The van der Waals surface area contributed by atoms with E-state index in [1.54, 1.807) is 0 Å². The maximum absolute atomic E-state index is 2.40. The average Bonchev–Trinajstić information content (AvgIpc) is 3.11. The molecule has 0 radical (unpaired) electrons. The van der Waals surface area contributed by atoms with E-state index in [0.29, 0.717) is 11.8 Å². The molecule has 0 saturated carbocycles. The molecular formula is C21H16. The van der Waals surface area contributed by atoms with Crippen LogP contribution in [0, 0.1) is 0 Å². The Morgan fingerprint density at radius 1 is 0.762 bits per heavy atom. The van der Waals surface area contributed by atoms with Crippen molar-refractivity contribution in [2.75, 3.05) is 0 Å². The van der Waals surface area contributed by atoms with Crippen LogP contribution in [0.3, 0.4) is 0 Å². The largest absolute Gasteiger partial charge is 0.0758 e. The van der Waals surface area contributed by atoms with Gasteiger partial charge >= 0.3 is 0 Å². The van der Waals surface area contributed by atoms with Crippen molar-refractivity contribution in [3.05, 3.63) is 89.0 Å². The topological polar surface area (TPSA) is 0 Å². The van der Waals surface area contributed by atoms with Crippen LogP contribution in [0.25, 0.3) is 16.8 Å². The predicted octanol–water partition coefficient (Wildman–Crippen LogP) is 5.29. The minimum Gasteiger partial charge on any atom is -0.0758 e. The fourth-order valence-corrected chi connectivity index (χ4v) is 4.22. The zero-order valence-electron chi connectivity index (χ0n) is 11.8. The summed E-state index contributed by atoms with van der Waals surface area (Å²) in [6, 6.07) is 22.3. The molecule has 0 spiro atoms. The first-order valence-corrected chi connectivity index (χ1v) is 7.69. The molecule has 2 aliphatic rings. The van der Waals surface area contributed by atoms with Crippen molar-refractivity contribution in [2.24, 2.45) is 0 Å². The van der Waals surface area contributed by atoms with Crippen LogP contribution in [-0.4, -0.2) is 0 Å². The lowest BCUT2D eigenvalue weighted by Gasteiger charge is -2.20. The highest BCUT2D eigenvalue weighted by atomic mass is 14.4. The first kappa shape index (κ1) is 11.3. The summed E-state index contributed by atoms with van der Waals surface area (Å²) in [5.74, 6) is 1.12. The summed E-state index contributed by atoms with van der Waals surface area (Å²) in [5, 5.41) is 2.89. The fraction of sp³-hybridized carbons (Fsp3) is 0.143. The standard InChI is InChI=1S/C21H16/c1-2-9-17-14(5-1)11-12-18(17)20-13-16-8-3-6-15-7-4-10-19(20)21(15)16/h1-12,18,20H,13H2. The molecule has 3 aromatic rings. The molecule has 0 bridgehead atoms. The summed E-state index contributed by atoms with van der Waals surface area (Å²) >= 11 is 0. The Hall–Kier alpha value is -2.34. The lowest BCUT2D eigenvalue weighted by Crippen LogP contribution is -2.07. The van der Waals surface area contributed by atoms with Crippen molar-refractivity contribution in [1.82, 2.24) is 0 Å². The smallest absolute Gasteiger partial charge is 0.00994 e. The molecule has 21 heavy (non-hydrogen) atoms. The second-order valence-corrected chi connectivity index (χ2v) is 6.19. The molecule has 0 N–H and O–H groups in total. The first-order valence-electron chi connectivity index (χ1n) is 7.69. The Labute approximate surface area is 124 Å². The fourth-order valence-electron chi connectivity index (χ4n) is 4.22. The van der Waals surface area contributed by atoms with Crippen LogP contribution >= 0.6 is 0 Å². The van der Waals surface area contributed by atoms with Gasteiger partial charge in [-0.2, -0.15) is 0 Å². The normalized spacial score (nSPS) is 21.9. The number of hydrogen-bond acceptors (Lipinski definition) is 0. The second-order valence-electron chi connectivity index (χ2n) is 6.19. The van der Waals surface area contributed by atoms with E-state index in [1.165, 1.54) is 39.4 Å². The van der Waals surface area contributed by atoms with Crippen molar-refractivity contribution < 1.29 is 0 Å². The highest BCUT2D eigenvalue weighted by molar-refractivity contribution is 5.91. The summed E-state index contributed by atoms with van der Waals surface area (Å²) in [6.07, 6.45) is 5.86. The van der Waals surface area contributed by atoms with Gasteiger partial charge in [0.05, 0.1) is 0 Å². The average molecular weight is 268 g/mol. The molecule has 0 heteroatoms. The number of benzene rings is 3. The molecule has 2 atom stereocenters. The maximum Gasteiger partial charge on any atom is 0.00994 e. The van der Waals surface area contributed by atoms with Crippen LogP contribution in [-0.2, 0) is 6.42 Å². The lowest BCUT2D eigenvalue weighted by atomic mass is 9.83. The molecular weight excluding hydrogens is 252 g/mol. The van der Waals surface area contributed by atoms with Gasteiger partial charge in [-0.15, -0.1) is 0 Å². The molecule has 0 fully saturated rings. The Morgan fingerprint density at radius 3 is 2.52 bits per heavy atom. The summed E-state index contributed by atoms with van der Waals surface area (Å²) in [5.41, 5.74) is 5.94. The van der Waals surface area contributed by atoms with Gasteiger partial charge in [-0.1, -0.05) is 72.8 Å². The van der Waals surface area contributed by atoms with Crippen LogP contribution in [0.2, 0.25) is 0 Å². The zero-order valence-corrected chi connectivity index (χ0v) is 11.8. The van der Waals surface area contributed by atoms with Crippen LogP contribution in [0.15, 0.2) is 66.7 Å². The molecule has 0 amide bonds. The Morgan fingerprint density at radius 2 is 1.57 bits per heavy atom. The van der Waals surface area contributed by atoms with E-state index in [4.69, 9.17) is 0 Å². The minimum atomic E-state index is 0.527. The van der Waals surface area contributed by atoms with Crippen LogP contribution in [0.5, 0.6) is 0 Å². The third-order valence-electron chi connectivity index (χ3n) is 5.13. The molecule has 3 aromatic carbocycles. The molecule has 100 valence electrons. The van der Waals surface area contributed by atoms with Gasteiger partial charge in [-0.05, 0) is 45.4 Å². The van der Waals surface area contributed by atoms with Crippen molar-refractivity contribution >= 4 is 16.8 Å². The molecule has 0 aliphatic heterocycles. The summed E-state index contributed by atoms with van der Waals surface area (Å²) in [6.45, 7) is 0. The van der Waals surface area contributed by atoms with Gasteiger partial charge in [-0.3, -0.25) is 0 Å². The molecule has 2 aliphatic carbocycles. The second kappa shape index (κ2) is 4.08. The quantitative estimate of drug-likeness (QED) is 0.562. The third-order valence-corrected chi connectivity index (χ3v) is 5.13. The van der Waals surface area contributed by atoms with Gasteiger partial charge in [0, 0.05) is 5.92 Å². The van der Waals surface area contributed by atoms with E-state index in [9.17, 15) is 0 Å². The van der Waals surface area contributed by atoms with Crippen molar-refractivity contribution in [2.45, 2.75) is 18.3 Å². The van der Waals surface area contributed by atoms with Crippen LogP contribution in [0.4, 0.5) is 0 Å². The maximum atomic E-state index is 2.40. The van der Waals surface area contributed by atoms with Gasteiger partial charge in [0.2, 0.25) is 0 Å². The molecule has 0 nitrogen and oxygen atoms in total. The van der Waals surface area contributed by atoms with E-state index in [-0.39, 0.29) is 0 Å². The highest BCUT2D eigenvalue weighted by Crippen LogP contribution is 2.48. The number of hydrogen-bond donors (Lipinski definition) is 0. The Bertz CT molecular complexity index is 880. The first-order chi connectivity index (χ1) is 10.4. The molecule has 5 rings (SSSR count). The number of fused-ring (bicyclic) bond motifs is 1. The Kier molecular flexibility index (Phi) is 2.20. The molecule has 2 unspecified atom stereocenters. The predicted molar refractivity (Wildman–Crippen MR) is 88.6 cm³/mol. The summed E-state index contributed by atoms with van der Waals surface area (Å²) in [7, 11) is 0. The molecule has 0 heterocycles. The van der Waals surface area contributed by atoms with Crippen molar-refractivity contribution in [3.63, 3.8) is 0 Å². The van der Waals surface area contributed by atoms with E-state index < -0.39 is 0 Å². The molecule has 0 saturated heterocycles.